The lowest BCUT2D eigenvalue weighted by Crippen LogP contribution is -2.10. The highest BCUT2D eigenvalue weighted by atomic mass is 16.5. The fourth-order valence-electron chi connectivity index (χ4n) is 2.46. The topological polar surface area (TPSA) is 26.3 Å². The minimum absolute atomic E-state index is 0.132. The molecule has 0 aromatic rings. The van der Waals surface area contributed by atoms with E-state index in [0.717, 1.165) is 12.8 Å². The van der Waals surface area contributed by atoms with Gasteiger partial charge in [-0.3, -0.25) is 4.79 Å². The summed E-state index contributed by atoms with van der Waals surface area (Å²) in [5.74, 6) is 7.33. The number of allylic oxidation sites excluding steroid dienone is 1. The second-order valence-corrected chi connectivity index (χ2v) is 5.20. The summed E-state index contributed by atoms with van der Waals surface area (Å²) in [6, 6.07) is 0. The van der Waals surface area contributed by atoms with E-state index in [9.17, 15) is 4.79 Å². The Labute approximate surface area is 117 Å². The number of ether oxygens (including phenoxy) is 1. The van der Waals surface area contributed by atoms with Crippen LogP contribution in [0, 0.1) is 23.7 Å². The normalized spacial score (nSPS) is 17.1. The number of hydrogen-bond donors (Lipinski definition) is 0. The van der Waals surface area contributed by atoms with E-state index in [0.29, 0.717) is 18.9 Å². The van der Waals surface area contributed by atoms with Gasteiger partial charge >= 0.3 is 5.97 Å². The Bertz CT molecular complexity index is 329. The first-order valence-electron chi connectivity index (χ1n) is 7.52. The third-order valence-corrected chi connectivity index (χ3v) is 3.62. The number of hydrogen-bond acceptors (Lipinski definition) is 2. The van der Waals surface area contributed by atoms with Gasteiger partial charge in [-0.05, 0) is 32.1 Å². The molecular weight excluding hydrogens is 236 g/mol. The highest BCUT2D eigenvalue weighted by Crippen LogP contribution is 2.22. The maximum Gasteiger partial charge on any atom is 0.306 e. The summed E-state index contributed by atoms with van der Waals surface area (Å²) in [6.45, 7) is 6.07. The van der Waals surface area contributed by atoms with Gasteiger partial charge in [0.25, 0.3) is 0 Å². The molecule has 0 aromatic carbocycles. The molecule has 1 aliphatic rings. The zero-order chi connectivity index (χ0) is 13.9. The van der Waals surface area contributed by atoms with Crippen molar-refractivity contribution < 1.29 is 9.53 Å². The van der Waals surface area contributed by atoms with Gasteiger partial charge in [0.2, 0.25) is 0 Å². The van der Waals surface area contributed by atoms with Gasteiger partial charge in [-0.25, -0.2) is 0 Å². The summed E-state index contributed by atoms with van der Waals surface area (Å²) in [4.78, 5) is 11.4. The molecule has 0 aliphatic heterocycles. The Morgan fingerprint density at radius 2 is 2.16 bits per heavy atom. The van der Waals surface area contributed by atoms with Crippen LogP contribution in [-0.2, 0) is 9.53 Å². The van der Waals surface area contributed by atoms with Gasteiger partial charge < -0.3 is 4.74 Å². The monoisotopic (exact) mass is 262 g/mol. The standard InChI is InChI=1S/C17H26O2/c1-3-15(14-17(18)19-4-2)10-8-9-13-16-11-6-5-7-12-16/h3,15-16H,1,4-8,10-12,14H2,2H3. The highest BCUT2D eigenvalue weighted by molar-refractivity contribution is 5.69. The number of esters is 1. The second-order valence-electron chi connectivity index (χ2n) is 5.20. The van der Waals surface area contributed by atoms with Crippen molar-refractivity contribution >= 4 is 5.97 Å². The molecule has 2 heteroatoms. The maximum absolute atomic E-state index is 11.4. The van der Waals surface area contributed by atoms with Gasteiger partial charge in [0.15, 0.2) is 0 Å². The summed E-state index contributed by atoms with van der Waals surface area (Å²) in [5, 5.41) is 0. The zero-order valence-electron chi connectivity index (χ0n) is 12.1. The summed E-state index contributed by atoms with van der Waals surface area (Å²) < 4.78 is 4.95. The molecule has 0 heterocycles. The molecule has 1 rings (SSSR count). The van der Waals surface area contributed by atoms with Crippen LogP contribution in [0.1, 0.15) is 58.3 Å². The van der Waals surface area contributed by atoms with Crippen LogP contribution in [0.15, 0.2) is 12.7 Å². The molecule has 1 atom stereocenters. The van der Waals surface area contributed by atoms with E-state index in [-0.39, 0.29) is 11.9 Å². The van der Waals surface area contributed by atoms with Crippen molar-refractivity contribution in [2.75, 3.05) is 6.61 Å². The Kier molecular flexibility index (Phi) is 8.05. The van der Waals surface area contributed by atoms with Gasteiger partial charge in [0.1, 0.15) is 0 Å². The van der Waals surface area contributed by atoms with Gasteiger partial charge in [-0.2, -0.15) is 0 Å². The average molecular weight is 262 g/mol. The van der Waals surface area contributed by atoms with Gasteiger partial charge in [0, 0.05) is 12.3 Å². The Morgan fingerprint density at radius 3 is 2.79 bits per heavy atom. The van der Waals surface area contributed by atoms with Gasteiger partial charge in [0.05, 0.1) is 13.0 Å². The summed E-state index contributed by atoms with van der Waals surface area (Å²) in [5.41, 5.74) is 0. The van der Waals surface area contributed by atoms with Crippen LogP contribution in [0.4, 0.5) is 0 Å². The molecule has 1 aliphatic carbocycles. The summed E-state index contributed by atoms with van der Waals surface area (Å²) in [6.07, 6.45) is 10.6. The zero-order valence-corrected chi connectivity index (χ0v) is 12.1. The molecule has 1 fully saturated rings. The molecule has 1 unspecified atom stereocenters. The number of carbonyl (C=O) groups excluding carboxylic acids is 1. The average Bonchev–Trinajstić information content (AvgIpc) is 2.43. The highest BCUT2D eigenvalue weighted by Gasteiger charge is 2.11. The van der Waals surface area contributed by atoms with E-state index in [1.165, 1.54) is 32.1 Å². The third kappa shape index (κ3) is 7.06. The quantitative estimate of drug-likeness (QED) is 0.409. The molecule has 0 bridgehead atoms. The van der Waals surface area contributed by atoms with E-state index >= 15 is 0 Å². The van der Waals surface area contributed by atoms with E-state index in [1.54, 1.807) is 0 Å². The van der Waals surface area contributed by atoms with Crippen molar-refractivity contribution in [2.24, 2.45) is 11.8 Å². The Hall–Kier alpha value is -1.23. The molecule has 0 amide bonds. The van der Waals surface area contributed by atoms with Crippen LogP contribution in [0.3, 0.4) is 0 Å². The van der Waals surface area contributed by atoms with E-state index < -0.39 is 0 Å². The van der Waals surface area contributed by atoms with Crippen LogP contribution >= 0.6 is 0 Å². The number of carbonyl (C=O) groups is 1. The maximum atomic E-state index is 11.4. The molecule has 1 saturated carbocycles. The van der Waals surface area contributed by atoms with Crippen molar-refractivity contribution in [1.82, 2.24) is 0 Å². The Morgan fingerprint density at radius 1 is 1.42 bits per heavy atom. The first kappa shape index (κ1) is 15.8. The summed E-state index contributed by atoms with van der Waals surface area (Å²) in [7, 11) is 0. The molecule has 0 aromatic heterocycles. The van der Waals surface area contributed by atoms with Crippen LogP contribution < -0.4 is 0 Å². The number of rotatable bonds is 6. The lowest BCUT2D eigenvalue weighted by atomic mass is 9.89. The van der Waals surface area contributed by atoms with E-state index in [2.05, 4.69) is 18.4 Å². The molecule has 0 saturated heterocycles. The van der Waals surface area contributed by atoms with E-state index in [1.807, 2.05) is 13.0 Å². The van der Waals surface area contributed by atoms with Crippen LogP contribution in [0.5, 0.6) is 0 Å². The van der Waals surface area contributed by atoms with E-state index in [4.69, 9.17) is 4.74 Å². The van der Waals surface area contributed by atoms with Gasteiger partial charge in [-0.1, -0.05) is 31.3 Å². The molecular formula is C17H26O2. The predicted octanol–water partition coefficient (Wildman–Crippen LogP) is 4.11. The minimum Gasteiger partial charge on any atom is -0.466 e. The lowest BCUT2D eigenvalue weighted by Gasteiger charge is -2.15. The van der Waals surface area contributed by atoms with Crippen molar-refractivity contribution in [2.45, 2.75) is 58.3 Å². The molecule has 19 heavy (non-hydrogen) atoms. The van der Waals surface area contributed by atoms with Crippen LogP contribution in [0.2, 0.25) is 0 Å². The van der Waals surface area contributed by atoms with Crippen molar-refractivity contribution in [1.29, 1.82) is 0 Å². The van der Waals surface area contributed by atoms with Gasteiger partial charge in [-0.15, -0.1) is 12.5 Å². The van der Waals surface area contributed by atoms with Crippen molar-refractivity contribution in [3.05, 3.63) is 12.7 Å². The Balaban J connectivity index is 2.23. The molecule has 106 valence electrons. The van der Waals surface area contributed by atoms with Crippen molar-refractivity contribution in [3.63, 3.8) is 0 Å². The first-order chi connectivity index (χ1) is 9.26. The largest absolute Gasteiger partial charge is 0.466 e. The smallest absolute Gasteiger partial charge is 0.306 e. The predicted molar refractivity (Wildman–Crippen MR) is 78.5 cm³/mol. The molecule has 0 spiro atoms. The first-order valence-corrected chi connectivity index (χ1v) is 7.52. The summed E-state index contributed by atoms with van der Waals surface area (Å²) >= 11 is 0. The van der Waals surface area contributed by atoms with Crippen molar-refractivity contribution in [3.8, 4) is 11.8 Å². The fraction of sp³-hybridized carbons (Fsp3) is 0.706. The fourth-order valence-corrected chi connectivity index (χ4v) is 2.46. The molecule has 0 N–H and O–H groups in total. The van der Waals surface area contributed by atoms with Crippen LogP contribution in [0.25, 0.3) is 0 Å². The lowest BCUT2D eigenvalue weighted by molar-refractivity contribution is -0.143. The second kappa shape index (κ2) is 9.67. The van der Waals surface area contributed by atoms with Crippen LogP contribution in [-0.4, -0.2) is 12.6 Å². The molecule has 2 nitrogen and oxygen atoms in total. The minimum atomic E-state index is -0.132. The molecule has 0 radical (unpaired) electrons. The third-order valence-electron chi connectivity index (χ3n) is 3.62. The SMILES string of the molecule is C=CC(CCC#CC1CCCCC1)CC(=O)OCC.